The number of hydrogen-bond donors (Lipinski definition) is 2. The minimum atomic E-state index is -1.44. The van der Waals surface area contributed by atoms with E-state index in [9.17, 15) is 10.0 Å². The Kier molecular flexibility index (Phi) is 3.41. The van der Waals surface area contributed by atoms with Gasteiger partial charge >= 0.3 is 7.12 Å². The maximum Gasteiger partial charge on any atom is 0.488 e. The van der Waals surface area contributed by atoms with Gasteiger partial charge in [0, 0.05) is 11.1 Å². The predicted molar refractivity (Wildman–Crippen MR) is 94.3 cm³/mol. The number of nitrogens with zero attached hydrogens (tertiary/aromatic N) is 1. The fourth-order valence-corrected chi connectivity index (χ4v) is 3.23. The minimum Gasteiger partial charge on any atom is -0.423 e. The van der Waals surface area contributed by atoms with Gasteiger partial charge in [-0.1, -0.05) is 48.6 Å². The largest absolute Gasteiger partial charge is 0.488 e. The molecule has 3 nitrogen and oxygen atoms in total. The van der Waals surface area contributed by atoms with Crippen molar-refractivity contribution in [2.45, 2.75) is 6.42 Å². The molecule has 1 aliphatic carbocycles. The van der Waals surface area contributed by atoms with E-state index >= 15 is 0 Å². The molecule has 0 aliphatic heterocycles. The van der Waals surface area contributed by atoms with Gasteiger partial charge in [0.05, 0.1) is 11.2 Å². The van der Waals surface area contributed by atoms with Crippen LogP contribution in [0.3, 0.4) is 0 Å². The van der Waals surface area contributed by atoms with Crippen molar-refractivity contribution in [3.8, 4) is 5.69 Å². The average molecular weight is 301 g/mol. The van der Waals surface area contributed by atoms with Crippen LogP contribution in [0.2, 0.25) is 0 Å². The summed E-state index contributed by atoms with van der Waals surface area (Å²) in [6, 6.07) is 18.6. The lowest BCUT2D eigenvalue weighted by molar-refractivity contribution is 0.420. The Bertz CT molecular complexity index is 923. The average Bonchev–Trinajstić information content (AvgIpc) is 2.73. The second-order valence-corrected chi connectivity index (χ2v) is 5.67. The third kappa shape index (κ3) is 2.33. The molecular weight excluding hydrogens is 285 g/mol. The molecule has 0 radical (unpaired) electrons. The van der Waals surface area contributed by atoms with Crippen LogP contribution in [0, 0.1) is 0 Å². The normalized spacial score (nSPS) is 13.6. The molecule has 2 aromatic carbocycles. The Hall–Kier alpha value is -2.56. The summed E-state index contributed by atoms with van der Waals surface area (Å²) in [5, 5.41) is 20.1. The monoisotopic (exact) mass is 301 g/mol. The van der Waals surface area contributed by atoms with E-state index in [2.05, 4.69) is 28.8 Å². The van der Waals surface area contributed by atoms with Crippen molar-refractivity contribution in [3.63, 3.8) is 0 Å². The van der Waals surface area contributed by atoms with Crippen molar-refractivity contribution >= 4 is 24.1 Å². The molecule has 4 heteroatoms. The van der Waals surface area contributed by atoms with Crippen LogP contribution in [-0.2, 0) is 6.42 Å². The highest BCUT2D eigenvalue weighted by atomic mass is 16.4. The van der Waals surface area contributed by atoms with Crippen LogP contribution in [0.4, 0.5) is 0 Å². The maximum atomic E-state index is 9.45. The zero-order chi connectivity index (χ0) is 15.8. The zero-order valence-corrected chi connectivity index (χ0v) is 12.6. The molecule has 0 bridgehead atoms. The van der Waals surface area contributed by atoms with Gasteiger partial charge in [-0.3, -0.25) is 0 Å². The van der Waals surface area contributed by atoms with Crippen molar-refractivity contribution < 1.29 is 10.0 Å². The summed E-state index contributed by atoms with van der Waals surface area (Å²) in [5.74, 6) is 0. The minimum absolute atomic E-state index is 0.532. The Morgan fingerprint density at radius 3 is 2.39 bits per heavy atom. The predicted octanol–water partition coefficient (Wildman–Crippen LogP) is 3.14. The fourth-order valence-electron chi connectivity index (χ4n) is 3.23. The molecule has 1 heterocycles. The second kappa shape index (κ2) is 5.58. The standard InChI is InChI=1S/C19H16BNO2/c22-20(23)14-10-12-17-16-8-4-5-9-18(16)21(19(17)13-11-14)15-6-2-1-3-7-15/h1-11,13,22-23H,12H2. The molecule has 0 amide bonds. The van der Waals surface area contributed by atoms with E-state index in [0.717, 1.165) is 16.9 Å². The van der Waals surface area contributed by atoms with Crippen molar-refractivity contribution in [1.29, 1.82) is 0 Å². The lowest BCUT2D eigenvalue weighted by Gasteiger charge is -2.09. The van der Waals surface area contributed by atoms with Crippen LogP contribution in [0.1, 0.15) is 11.3 Å². The lowest BCUT2D eigenvalue weighted by Crippen LogP contribution is -2.13. The fraction of sp³-hybridized carbons (Fsp3) is 0.0526. The van der Waals surface area contributed by atoms with E-state index in [-0.39, 0.29) is 0 Å². The SMILES string of the molecule is OB(O)C1=CCc2c(n(-c3ccccc3)c3ccccc23)C=C1. The molecule has 1 aliphatic rings. The second-order valence-electron chi connectivity index (χ2n) is 5.67. The molecule has 112 valence electrons. The Morgan fingerprint density at radius 1 is 0.870 bits per heavy atom. The van der Waals surface area contributed by atoms with Crippen LogP contribution in [0.5, 0.6) is 0 Å². The molecule has 0 atom stereocenters. The van der Waals surface area contributed by atoms with Crippen molar-refractivity contribution in [1.82, 2.24) is 4.57 Å². The van der Waals surface area contributed by atoms with E-state index in [4.69, 9.17) is 0 Å². The number of aromatic nitrogens is 1. The summed E-state index contributed by atoms with van der Waals surface area (Å²) in [6.07, 6.45) is 6.32. The highest BCUT2D eigenvalue weighted by Gasteiger charge is 2.20. The Morgan fingerprint density at radius 2 is 1.61 bits per heavy atom. The van der Waals surface area contributed by atoms with Gasteiger partial charge in [-0.05, 0) is 41.7 Å². The highest BCUT2D eigenvalue weighted by molar-refractivity contribution is 6.52. The molecule has 0 unspecified atom stereocenters. The van der Waals surface area contributed by atoms with Gasteiger partial charge < -0.3 is 14.6 Å². The van der Waals surface area contributed by atoms with Crippen LogP contribution >= 0.6 is 0 Å². The first-order valence-corrected chi connectivity index (χ1v) is 7.68. The smallest absolute Gasteiger partial charge is 0.423 e. The number of fused-ring (bicyclic) bond motifs is 3. The summed E-state index contributed by atoms with van der Waals surface area (Å²) in [5.41, 5.74) is 5.09. The van der Waals surface area contributed by atoms with E-state index in [1.54, 1.807) is 6.08 Å². The molecule has 3 aromatic rings. The molecule has 4 rings (SSSR count). The molecule has 0 saturated carbocycles. The Labute approximate surface area is 135 Å². The zero-order valence-electron chi connectivity index (χ0n) is 12.6. The first-order chi connectivity index (χ1) is 11.3. The van der Waals surface area contributed by atoms with Crippen LogP contribution < -0.4 is 0 Å². The highest BCUT2D eigenvalue weighted by Crippen LogP contribution is 2.32. The first kappa shape index (κ1) is 14.1. The van der Waals surface area contributed by atoms with Gasteiger partial charge in [0.15, 0.2) is 0 Å². The molecule has 0 saturated heterocycles. The third-order valence-corrected chi connectivity index (χ3v) is 4.31. The van der Waals surface area contributed by atoms with Crippen molar-refractivity contribution in [2.75, 3.05) is 0 Å². The van der Waals surface area contributed by atoms with Crippen LogP contribution in [0.15, 0.2) is 72.2 Å². The topological polar surface area (TPSA) is 45.4 Å². The third-order valence-electron chi connectivity index (χ3n) is 4.31. The number of rotatable bonds is 2. The maximum absolute atomic E-state index is 9.45. The first-order valence-electron chi connectivity index (χ1n) is 7.68. The van der Waals surface area contributed by atoms with E-state index < -0.39 is 7.12 Å². The molecular formula is C19H16BNO2. The van der Waals surface area contributed by atoms with Gasteiger partial charge in [-0.2, -0.15) is 0 Å². The van der Waals surface area contributed by atoms with Gasteiger partial charge in [0.1, 0.15) is 0 Å². The number of hydrogen-bond acceptors (Lipinski definition) is 2. The van der Waals surface area contributed by atoms with Gasteiger partial charge in [-0.15, -0.1) is 0 Å². The quantitative estimate of drug-likeness (QED) is 0.714. The van der Waals surface area contributed by atoms with Crippen LogP contribution in [-0.4, -0.2) is 21.7 Å². The van der Waals surface area contributed by atoms with Crippen molar-refractivity contribution in [2.24, 2.45) is 0 Å². The lowest BCUT2D eigenvalue weighted by atomic mass is 9.79. The summed E-state index contributed by atoms with van der Waals surface area (Å²) < 4.78 is 2.22. The molecule has 0 fully saturated rings. The number of allylic oxidation sites excluding steroid dienone is 3. The van der Waals surface area contributed by atoms with E-state index in [0.29, 0.717) is 11.9 Å². The van der Waals surface area contributed by atoms with Gasteiger partial charge in [0.2, 0.25) is 0 Å². The van der Waals surface area contributed by atoms with Gasteiger partial charge in [-0.25, -0.2) is 0 Å². The van der Waals surface area contributed by atoms with Crippen molar-refractivity contribution in [3.05, 3.63) is 83.5 Å². The van der Waals surface area contributed by atoms with E-state index in [1.807, 2.05) is 42.5 Å². The van der Waals surface area contributed by atoms with Gasteiger partial charge in [0.25, 0.3) is 0 Å². The summed E-state index contributed by atoms with van der Waals surface area (Å²) in [4.78, 5) is 0. The van der Waals surface area contributed by atoms with Crippen LogP contribution in [0.25, 0.3) is 22.7 Å². The summed E-state index contributed by atoms with van der Waals surface area (Å²) >= 11 is 0. The molecule has 0 spiro atoms. The molecule has 23 heavy (non-hydrogen) atoms. The Balaban J connectivity index is 2.01. The number of benzene rings is 2. The molecule has 1 aromatic heterocycles. The number of para-hydroxylation sites is 2. The van der Waals surface area contributed by atoms with E-state index in [1.165, 1.54) is 10.9 Å². The molecule has 2 N–H and O–H groups in total. The summed E-state index contributed by atoms with van der Waals surface area (Å²) in [7, 11) is -1.44. The summed E-state index contributed by atoms with van der Waals surface area (Å²) in [6.45, 7) is 0.